The second-order valence-corrected chi connectivity index (χ2v) is 7.05. The molecular formula is C20H22N4O4. The van der Waals surface area contributed by atoms with Crippen molar-refractivity contribution in [2.75, 3.05) is 13.2 Å². The van der Waals surface area contributed by atoms with Gasteiger partial charge in [0.1, 0.15) is 0 Å². The van der Waals surface area contributed by atoms with Crippen molar-refractivity contribution in [3.8, 4) is 11.4 Å². The van der Waals surface area contributed by atoms with Gasteiger partial charge in [-0.15, -0.1) is 0 Å². The van der Waals surface area contributed by atoms with E-state index in [1.54, 1.807) is 6.07 Å². The number of carbonyl (C=O) groups is 1. The second kappa shape index (κ2) is 7.93. The molecule has 3 heterocycles. The second-order valence-electron chi connectivity index (χ2n) is 7.05. The topological polar surface area (TPSA) is 110 Å². The highest BCUT2D eigenvalue weighted by molar-refractivity contribution is 5.83. The maximum Gasteiger partial charge on any atom is 0.259 e. The molecular weight excluding hydrogens is 360 g/mol. The number of aromatic nitrogens is 3. The van der Waals surface area contributed by atoms with Gasteiger partial charge in [0.2, 0.25) is 17.6 Å². The number of pyridine rings is 1. The number of aryl methyl sites for hydroxylation is 2. The Labute approximate surface area is 161 Å². The number of amides is 1. The Kier molecular flexibility index (Phi) is 5.21. The first-order valence-electron chi connectivity index (χ1n) is 9.43. The van der Waals surface area contributed by atoms with Gasteiger partial charge in [0.05, 0.1) is 11.7 Å². The molecule has 0 saturated carbocycles. The lowest BCUT2D eigenvalue weighted by atomic mass is 10.1. The van der Waals surface area contributed by atoms with Crippen LogP contribution in [0.3, 0.4) is 0 Å². The third-order valence-corrected chi connectivity index (χ3v) is 4.83. The molecule has 1 amide bonds. The van der Waals surface area contributed by atoms with Crippen LogP contribution in [-0.2, 0) is 16.0 Å². The first-order chi connectivity index (χ1) is 13.6. The molecule has 0 aliphatic carbocycles. The van der Waals surface area contributed by atoms with Crippen LogP contribution in [0.1, 0.15) is 30.7 Å². The maximum atomic E-state index is 12.4. The molecule has 4 rings (SSSR count). The van der Waals surface area contributed by atoms with Crippen LogP contribution in [0.5, 0.6) is 0 Å². The van der Waals surface area contributed by atoms with Crippen molar-refractivity contribution in [1.29, 1.82) is 0 Å². The van der Waals surface area contributed by atoms with Crippen LogP contribution in [0, 0.1) is 6.92 Å². The Morgan fingerprint density at radius 3 is 3.07 bits per heavy atom. The number of H-pyrrole nitrogens is 1. The van der Waals surface area contributed by atoms with E-state index in [1.807, 2.05) is 25.1 Å². The first-order valence-corrected chi connectivity index (χ1v) is 9.43. The van der Waals surface area contributed by atoms with Crippen LogP contribution in [-0.4, -0.2) is 40.3 Å². The van der Waals surface area contributed by atoms with Gasteiger partial charge in [-0.2, -0.15) is 4.98 Å². The number of carbonyl (C=O) groups excluding carboxylic acids is 1. The number of hydrogen-bond acceptors (Lipinski definition) is 6. The lowest BCUT2D eigenvalue weighted by Gasteiger charge is -2.09. The molecule has 0 radical (unpaired) electrons. The molecule has 1 atom stereocenters. The van der Waals surface area contributed by atoms with E-state index >= 15 is 0 Å². The number of aromatic amines is 1. The van der Waals surface area contributed by atoms with Gasteiger partial charge in [-0.1, -0.05) is 16.8 Å². The Hall–Kier alpha value is -3.00. The predicted molar refractivity (Wildman–Crippen MR) is 103 cm³/mol. The van der Waals surface area contributed by atoms with Crippen molar-refractivity contribution < 1.29 is 14.1 Å². The van der Waals surface area contributed by atoms with Crippen LogP contribution in [0.2, 0.25) is 0 Å². The normalized spacial score (nSPS) is 16.5. The number of rotatable bonds is 6. The molecule has 2 aromatic heterocycles. The van der Waals surface area contributed by atoms with Crippen LogP contribution in [0.15, 0.2) is 33.6 Å². The summed E-state index contributed by atoms with van der Waals surface area (Å²) in [4.78, 5) is 31.4. The molecule has 28 heavy (non-hydrogen) atoms. The maximum absolute atomic E-state index is 12.4. The van der Waals surface area contributed by atoms with Crippen molar-refractivity contribution in [2.24, 2.45) is 0 Å². The average molecular weight is 382 g/mol. The summed E-state index contributed by atoms with van der Waals surface area (Å²) in [5, 5.41) is 7.66. The molecule has 2 N–H and O–H groups in total. The minimum Gasteiger partial charge on any atom is -0.376 e. The van der Waals surface area contributed by atoms with Crippen LogP contribution in [0.25, 0.3) is 22.3 Å². The van der Waals surface area contributed by atoms with Crippen molar-refractivity contribution in [1.82, 2.24) is 20.4 Å². The van der Waals surface area contributed by atoms with Gasteiger partial charge in [-0.25, -0.2) is 0 Å². The van der Waals surface area contributed by atoms with E-state index in [0.717, 1.165) is 35.9 Å². The van der Waals surface area contributed by atoms with E-state index in [-0.39, 0.29) is 29.8 Å². The summed E-state index contributed by atoms with van der Waals surface area (Å²) >= 11 is 0. The average Bonchev–Trinajstić information content (AvgIpc) is 3.36. The van der Waals surface area contributed by atoms with Crippen LogP contribution >= 0.6 is 0 Å². The summed E-state index contributed by atoms with van der Waals surface area (Å²) in [5.74, 6) is 0.458. The summed E-state index contributed by atoms with van der Waals surface area (Å²) in [7, 11) is 0. The number of nitrogens with zero attached hydrogens (tertiary/aromatic N) is 2. The van der Waals surface area contributed by atoms with Gasteiger partial charge in [0, 0.05) is 31.5 Å². The SMILES string of the molecule is Cc1ccc2[nH]c(=O)c(-c3noc(CCC(=O)NCC4CCCO4)n3)cc2c1. The molecule has 146 valence electrons. The molecule has 3 aromatic rings. The summed E-state index contributed by atoms with van der Waals surface area (Å²) in [6.07, 6.45) is 2.69. The lowest BCUT2D eigenvalue weighted by Crippen LogP contribution is -2.31. The monoisotopic (exact) mass is 382 g/mol. The minimum absolute atomic E-state index is 0.0886. The molecule has 1 saturated heterocycles. The third kappa shape index (κ3) is 4.12. The standard InChI is InChI=1S/C20H22N4O4/c1-12-4-5-16-13(9-12)10-15(20(26)22-16)19-23-18(28-24-19)7-6-17(25)21-11-14-3-2-8-27-14/h4-5,9-10,14H,2-3,6-8,11H2,1H3,(H,21,25)(H,22,26). The summed E-state index contributed by atoms with van der Waals surface area (Å²) in [6.45, 7) is 3.28. The molecule has 8 nitrogen and oxygen atoms in total. The van der Waals surface area contributed by atoms with Crippen molar-refractivity contribution in [3.05, 3.63) is 46.1 Å². The van der Waals surface area contributed by atoms with E-state index in [0.29, 0.717) is 24.4 Å². The largest absolute Gasteiger partial charge is 0.376 e. The van der Waals surface area contributed by atoms with Crippen molar-refractivity contribution in [3.63, 3.8) is 0 Å². The van der Waals surface area contributed by atoms with E-state index in [1.165, 1.54) is 0 Å². The molecule has 1 unspecified atom stereocenters. The van der Waals surface area contributed by atoms with E-state index in [4.69, 9.17) is 9.26 Å². The zero-order valence-corrected chi connectivity index (χ0v) is 15.7. The third-order valence-electron chi connectivity index (χ3n) is 4.83. The molecule has 0 bridgehead atoms. The van der Waals surface area contributed by atoms with Gasteiger partial charge < -0.3 is 19.6 Å². The molecule has 1 fully saturated rings. The Balaban J connectivity index is 1.41. The fraction of sp³-hybridized carbons (Fsp3) is 0.400. The Morgan fingerprint density at radius 2 is 2.25 bits per heavy atom. The fourth-order valence-electron chi connectivity index (χ4n) is 3.30. The van der Waals surface area contributed by atoms with E-state index in [2.05, 4.69) is 20.4 Å². The van der Waals surface area contributed by atoms with Crippen LogP contribution in [0.4, 0.5) is 0 Å². The van der Waals surface area contributed by atoms with Gasteiger partial charge >= 0.3 is 0 Å². The van der Waals surface area contributed by atoms with Crippen LogP contribution < -0.4 is 10.9 Å². The summed E-state index contributed by atoms with van der Waals surface area (Å²) in [6, 6.07) is 7.54. The lowest BCUT2D eigenvalue weighted by molar-refractivity contribution is -0.121. The minimum atomic E-state index is -0.280. The van der Waals surface area contributed by atoms with E-state index in [9.17, 15) is 9.59 Å². The summed E-state index contributed by atoms with van der Waals surface area (Å²) < 4.78 is 10.7. The van der Waals surface area contributed by atoms with Gasteiger partial charge in [0.15, 0.2) is 0 Å². The zero-order chi connectivity index (χ0) is 19.5. The molecule has 1 aromatic carbocycles. The number of hydrogen-bond donors (Lipinski definition) is 2. The molecule has 8 heteroatoms. The summed E-state index contributed by atoms with van der Waals surface area (Å²) in [5.41, 5.74) is 1.91. The molecule has 1 aliphatic rings. The van der Waals surface area contributed by atoms with E-state index < -0.39 is 0 Å². The van der Waals surface area contributed by atoms with Crippen molar-refractivity contribution >= 4 is 16.8 Å². The number of benzene rings is 1. The molecule has 0 spiro atoms. The quantitative estimate of drug-likeness (QED) is 0.676. The van der Waals surface area contributed by atoms with Gasteiger partial charge in [-0.3, -0.25) is 9.59 Å². The Bertz CT molecular complexity index is 1050. The first kappa shape index (κ1) is 18.4. The smallest absolute Gasteiger partial charge is 0.259 e. The number of nitrogens with one attached hydrogen (secondary N) is 2. The van der Waals surface area contributed by atoms with Crippen molar-refractivity contribution in [2.45, 2.75) is 38.7 Å². The number of fused-ring (bicyclic) bond motifs is 1. The van der Waals surface area contributed by atoms with Gasteiger partial charge in [0.25, 0.3) is 5.56 Å². The Morgan fingerprint density at radius 1 is 1.36 bits per heavy atom. The number of ether oxygens (including phenoxy) is 1. The highest BCUT2D eigenvalue weighted by Crippen LogP contribution is 2.19. The highest BCUT2D eigenvalue weighted by atomic mass is 16.5. The zero-order valence-electron chi connectivity index (χ0n) is 15.7. The molecule has 1 aliphatic heterocycles. The fourth-order valence-corrected chi connectivity index (χ4v) is 3.30. The highest BCUT2D eigenvalue weighted by Gasteiger charge is 2.17. The predicted octanol–water partition coefficient (Wildman–Crippen LogP) is 2.11. The van der Waals surface area contributed by atoms with Gasteiger partial charge in [-0.05, 0) is 43.4 Å².